The van der Waals surface area contributed by atoms with Crippen LogP contribution in [-0.4, -0.2) is 53.3 Å². The Hall–Kier alpha value is -3.67. The Balaban J connectivity index is 1.85. The lowest BCUT2D eigenvalue weighted by Crippen LogP contribution is -2.51. The number of hydrogen-bond acceptors (Lipinski definition) is 5. The number of fused-ring (bicyclic) bond motifs is 1. The summed E-state index contributed by atoms with van der Waals surface area (Å²) in [6, 6.07) is 17.1. The van der Waals surface area contributed by atoms with Crippen molar-refractivity contribution >= 4 is 22.7 Å². The van der Waals surface area contributed by atoms with E-state index in [9.17, 15) is 14.7 Å². The van der Waals surface area contributed by atoms with Crippen LogP contribution in [0.1, 0.15) is 21.6 Å². The van der Waals surface area contributed by atoms with Crippen LogP contribution in [0.25, 0.3) is 10.9 Å². The zero-order valence-corrected chi connectivity index (χ0v) is 16.6. The molecule has 0 aliphatic carbocycles. The van der Waals surface area contributed by atoms with Crippen LogP contribution in [0, 0.1) is 11.3 Å². The van der Waals surface area contributed by atoms with Crippen molar-refractivity contribution < 1.29 is 19.5 Å². The molecule has 30 heavy (non-hydrogen) atoms. The standard InChI is InChI=1S/C22H22N4O4/c1-26(30-2)22(29)20(27)18(11-14-6-4-3-5-7-14)25-21(28)19-12-16-10-15(13-23)8-9-17(16)24-19/h3-10,12,18,20,24,27H,11H2,1-2H3,(H,25,28)/t18-,20+/m0/s1. The fourth-order valence-corrected chi connectivity index (χ4v) is 3.13. The molecule has 0 bridgehead atoms. The molecule has 0 spiro atoms. The van der Waals surface area contributed by atoms with Crippen LogP contribution in [0.15, 0.2) is 54.6 Å². The van der Waals surface area contributed by atoms with E-state index in [1.165, 1.54) is 14.2 Å². The highest BCUT2D eigenvalue weighted by atomic mass is 16.7. The molecule has 2 atom stereocenters. The van der Waals surface area contributed by atoms with E-state index in [1.54, 1.807) is 24.3 Å². The van der Waals surface area contributed by atoms with Gasteiger partial charge in [0.25, 0.3) is 11.8 Å². The lowest BCUT2D eigenvalue weighted by atomic mass is 10.0. The molecular weight excluding hydrogens is 384 g/mol. The van der Waals surface area contributed by atoms with Gasteiger partial charge in [-0.3, -0.25) is 14.4 Å². The van der Waals surface area contributed by atoms with E-state index >= 15 is 0 Å². The molecule has 3 aromatic rings. The Bertz CT molecular complexity index is 1090. The number of aliphatic hydroxyl groups is 1. The number of aliphatic hydroxyl groups excluding tert-OH is 1. The summed E-state index contributed by atoms with van der Waals surface area (Å²) in [7, 11) is 2.70. The molecule has 0 aliphatic rings. The average Bonchev–Trinajstić information content (AvgIpc) is 3.21. The monoisotopic (exact) mass is 406 g/mol. The number of likely N-dealkylation sites (N-methyl/N-ethyl adjacent to an activating group) is 1. The minimum atomic E-state index is -1.51. The average molecular weight is 406 g/mol. The molecule has 3 N–H and O–H groups in total. The molecule has 154 valence electrons. The van der Waals surface area contributed by atoms with E-state index in [0.717, 1.165) is 16.0 Å². The van der Waals surface area contributed by atoms with E-state index in [-0.39, 0.29) is 12.1 Å². The number of nitrogens with zero attached hydrogens (tertiary/aromatic N) is 2. The first-order chi connectivity index (χ1) is 14.4. The molecule has 8 heteroatoms. The van der Waals surface area contributed by atoms with E-state index in [0.29, 0.717) is 11.1 Å². The number of benzene rings is 2. The van der Waals surface area contributed by atoms with Gasteiger partial charge in [-0.2, -0.15) is 5.26 Å². The van der Waals surface area contributed by atoms with Crippen molar-refractivity contribution in [2.24, 2.45) is 0 Å². The first-order valence-electron chi connectivity index (χ1n) is 9.30. The molecule has 1 aromatic heterocycles. The molecule has 0 saturated carbocycles. The van der Waals surface area contributed by atoms with E-state index < -0.39 is 24.0 Å². The van der Waals surface area contributed by atoms with Crippen molar-refractivity contribution in [3.8, 4) is 6.07 Å². The predicted octanol–water partition coefficient (Wildman–Crippen LogP) is 1.76. The number of carbonyl (C=O) groups excluding carboxylic acids is 2. The maximum atomic E-state index is 12.9. The van der Waals surface area contributed by atoms with Crippen molar-refractivity contribution in [3.05, 3.63) is 71.4 Å². The molecule has 0 radical (unpaired) electrons. The minimum Gasteiger partial charge on any atom is -0.381 e. The highest BCUT2D eigenvalue weighted by molar-refractivity contribution is 5.98. The second-order valence-corrected chi connectivity index (χ2v) is 6.83. The van der Waals surface area contributed by atoms with Gasteiger partial charge in [0.15, 0.2) is 6.10 Å². The minimum absolute atomic E-state index is 0.246. The first kappa shape index (κ1) is 21.0. The van der Waals surface area contributed by atoms with Gasteiger partial charge in [0, 0.05) is 18.0 Å². The van der Waals surface area contributed by atoms with E-state index in [2.05, 4.69) is 16.4 Å². The van der Waals surface area contributed by atoms with Crippen LogP contribution >= 0.6 is 0 Å². The number of nitriles is 1. The van der Waals surface area contributed by atoms with Gasteiger partial charge in [0.05, 0.1) is 24.8 Å². The number of aromatic amines is 1. The van der Waals surface area contributed by atoms with Gasteiger partial charge in [-0.15, -0.1) is 0 Å². The quantitative estimate of drug-likeness (QED) is 0.517. The number of nitrogens with one attached hydrogen (secondary N) is 2. The second-order valence-electron chi connectivity index (χ2n) is 6.83. The maximum absolute atomic E-state index is 12.9. The molecular formula is C22H22N4O4. The number of carbonyl (C=O) groups is 2. The third-order valence-corrected chi connectivity index (χ3v) is 4.83. The number of rotatable bonds is 7. The molecule has 8 nitrogen and oxygen atoms in total. The topological polar surface area (TPSA) is 118 Å². The number of aromatic nitrogens is 1. The third-order valence-electron chi connectivity index (χ3n) is 4.83. The van der Waals surface area contributed by atoms with Crippen molar-refractivity contribution in [2.75, 3.05) is 14.2 Å². The summed E-state index contributed by atoms with van der Waals surface area (Å²) < 4.78 is 0. The van der Waals surface area contributed by atoms with Crippen LogP contribution in [0.5, 0.6) is 0 Å². The summed E-state index contributed by atoms with van der Waals surface area (Å²) in [4.78, 5) is 33.1. The number of hydroxylamine groups is 2. The normalized spacial score (nSPS) is 12.7. The summed E-state index contributed by atoms with van der Waals surface area (Å²) in [6.07, 6.45) is -1.26. The Morgan fingerprint density at radius 3 is 2.63 bits per heavy atom. The van der Waals surface area contributed by atoms with Crippen molar-refractivity contribution in [1.82, 2.24) is 15.4 Å². The highest BCUT2D eigenvalue weighted by Gasteiger charge is 2.31. The van der Waals surface area contributed by atoms with E-state index in [1.807, 2.05) is 30.3 Å². The Morgan fingerprint density at radius 1 is 1.23 bits per heavy atom. The molecule has 0 aliphatic heterocycles. The van der Waals surface area contributed by atoms with Gasteiger partial charge in [0.2, 0.25) is 0 Å². The summed E-state index contributed by atoms with van der Waals surface area (Å²) in [5.74, 6) is -1.15. The van der Waals surface area contributed by atoms with Gasteiger partial charge in [0.1, 0.15) is 5.69 Å². The second kappa shape index (κ2) is 9.22. The summed E-state index contributed by atoms with van der Waals surface area (Å²) in [5.41, 5.74) is 2.30. The third kappa shape index (κ3) is 4.66. The van der Waals surface area contributed by atoms with Crippen molar-refractivity contribution in [3.63, 3.8) is 0 Å². The van der Waals surface area contributed by atoms with Crippen LogP contribution in [0.2, 0.25) is 0 Å². The van der Waals surface area contributed by atoms with Gasteiger partial charge in [-0.1, -0.05) is 30.3 Å². The number of hydrogen-bond donors (Lipinski definition) is 3. The molecule has 0 unspecified atom stereocenters. The smallest absolute Gasteiger partial charge is 0.276 e. The van der Waals surface area contributed by atoms with Crippen molar-refractivity contribution in [1.29, 1.82) is 5.26 Å². The molecule has 0 saturated heterocycles. The first-order valence-corrected chi connectivity index (χ1v) is 9.30. The Labute approximate surface area is 173 Å². The SMILES string of the molecule is CON(C)C(=O)[C@H](O)[C@H](Cc1ccccc1)NC(=O)c1cc2cc(C#N)ccc2[nH]1. The highest BCUT2D eigenvalue weighted by Crippen LogP contribution is 2.18. The largest absolute Gasteiger partial charge is 0.381 e. The zero-order chi connectivity index (χ0) is 21.7. The summed E-state index contributed by atoms with van der Waals surface area (Å²) in [6.45, 7) is 0. The van der Waals surface area contributed by atoms with Gasteiger partial charge in [-0.25, -0.2) is 5.06 Å². The molecule has 2 amide bonds. The van der Waals surface area contributed by atoms with Crippen molar-refractivity contribution in [2.45, 2.75) is 18.6 Å². The molecule has 1 heterocycles. The lowest BCUT2D eigenvalue weighted by Gasteiger charge is -2.26. The molecule has 3 rings (SSSR count). The number of amides is 2. The Kier molecular flexibility index (Phi) is 6.47. The molecule has 2 aromatic carbocycles. The predicted molar refractivity (Wildman–Crippen MR) is 110 cm³/mol. The zero-order valence-electron chi connectivity index (χ0n) is 16.6. The summed E-state index contributed by atoms with van der Waals surface area (Å²) in [5, 5.41) is 24.0. The van der Waals surface area contributed by atoms with Gasteiger partial charge >= 0.3 is 0 Å². The summed E-state index contributed by atoms with van der Waals surface area (Å²) >= 11 is 0. The van der Waals surface area contributed by atoms with E-state index in [4.69, 9.17) is 10.1 Å². The van der Waals surface area contributed by atoms with Crippen LogP contribution in [0.4, 0.5) is 0 Å². The van der Waals surface area contributed by atoms with Crippen LogP contribution < -0.4 is 5.32 Å². The number of H-pyrrole nitrogens is 1. The lowest BCUT2D eigenvalue weighted by molar-refractivity contribution is -0.179. The fraction of sp³-hybridized carbons (Fsp3) is 0.227. The van der Waals surface area contributed by atoms with Crippen LogP contribution in [0.3, 0.4) is 0 Å². The maximum Gasteiger partial charge on any atom is 0.276 e. The Morgan fingerprint density at radius 2 is 1.97 bits per heavy atom. The fourth-order valence-electron chi connectivity index (χ4n) is 3.13. The van der Waals surface area contributed by atoms with Gasteiger partial charge in [-0.05, 0) is 36.2 Å². The molecule has 0 fully saturated rings. The van der Waals surface area contributed by atoms with Crippen LogP contribution in [-0.2, 0) is 16.1 Å². The van der Waals surface area contributed by atoms with Gasteiger partial charge < -0.3 is 15.4 Å².